The third-order valence-electron chi connectivity index (χ3n) is 4.74. The molecule has 1 atom stereocenters. The van der Waals surface area contributed by atoms with Crippen LogP contribution in [0.15, 0.2) is 0 Å². The summed E-state index contributed by atoms with van der Waals surface area (Å²) in [6, 6.07) is 0. The molecule has 0 N–H and O–H groups in total. The molecule has 0 saturated carbocycles. The van der Waals surface area contributed by atoms with Gasteiger partial charge in [0.2, 0.25) is 0 Å². The van der Waals surface area contributed by atoms with E-state index < -0.39 is 5.92 Å². The van der Waals surface area contributed by atoms with Crippen LogP contribution in [-0.2, 0) is 9.59 Å². The molecule has 0 amide bonds. The fourth-order valence-corrected chi connectivity index (χ4v) is 2.97. The molecule has 23 heavy (non-hydrogen) atoms. The maximum absolute atomic E-state index is 11.5. The molecule has 0 saturated heterocycles. The minimum atomic E-state index is -0.401. The average Bonchev–Trinajstić information content (AvgIpc) is 2.57. The highest BCUT2D eigenvalue weighted by Gasteiger charge is 2.10. The summed E-state index contributed by atoms with van der Waals surface area (Å²) in [4.78, 5) is 22.0. The number of unbranched alkanes of at least 4 members (excludes halogenated alkanes) is 14. The Bertz CT molecular complexity index is 273. The maximum atomic E-state index is 11.5. The number of carbonyl (C=O) groups is 2. The lowest BCUT2D eigenvalue weighted by atomic mass is 10.0. The van der Waals surface area contributed by atoms with Crippen LogP contribution in [-0.4, -0.2) is 12.1 Å². The Labute approximate surface area is 144 Å². The van der Waals surface area contributed by atoms with Crippen LogP contribution in [0.4, 0.5) is 0 Å². The van der Waals surface area contributed by atoms with Crippen LogP contribution in [0, 0.1) is 5.92 Å². The normalized spacial score (nSPS) is 12.3. The fourth-order valence-electron chi connectivity index (χ4n) is 2.97. The van der Waals surface area contributed by atoms with Crippen molar-refractivity contribution in [1.29, 1.82) is 0 Å². The number of carbonyl (C=O) groups excluding carboxylic acids is 2. The van der Waals surface area contributed by atoms with Crippen LogP contribution in [0.1, 0.15) is 117 Å². The highest BCUT2D eigenvalue weighted by molar-refractivity contribution is 5.92. The van der Waals surface area contributed by atoms with Gasteiger partial charge in [0.05, 0.1) is 5.92 Å². The summed E-state index contributed by atoms with van der Waals surface area (Å²) in [5, 5.41) is 0. The van der Waals surface area contributed by atoms with Crippen molar-refractivity contribution in [3.63, 3.8) is 0 Å². The molecule has 2 heteroatoms. The summed E-state index contributed by atoms with van der Waals surface area (Å²) in [5.74, 6) is -0.295. The van der Waals surface area contributed by atoms with Crippen LogP contribution < -0.4 is 0 Å². The molecule has 0 aromatic rings. The van der Waals surface area contributed by atoms with Gasteiger partial charge >= 0.3 is 0 Å². The smallest absolute Gasteiger partial charge is 0.142 e. The predicted molar refractivity (Wildman–Crippen MR) is 99.8 cm³/mol. The Morgan fingerprint density at radius 2 is 1.04 bits per heavy atom. The van der Waals surface area contributed by atoms with E-state index in [1.165, 1.54) is 83.5 Å². The lowest BCUT2D eigenvalue weighted by molar-refractivity contribution is -0.126. The first-order chi connectivity index (χ1) is 11.2. The zero-order chi connectivity index (χ0) is 17.2. The SMILES string of the molecule is CCCCCCCCCCCCCCCCCC(=O)C(C)C=O. The van der Waals surface area contributed by atoms with Gasteiger partial charge in [-0.2, -0.15) is 0 Å². The van der Waals surface area contributed by atoms with E-state index >= 15 is 0 Å². The van der Waals surface area contributed by atoms with E-state index in [9.17, 15) is 9.59 Å². The highest BCUT2D eigenvalue weighted by atomic mass is 16.1. The first-order valence-corrected chi connectivity index (χ1v) is 10.2. The van der Waals surface area contributed by atoms with Gasteiger partial charge in [-0.15, -0.1) is 0 Å². The third-order valence-corrected chi connectivity index (χ3v) is 4.74. The van der Waals surface area contributed by atoms with Gasteiger partial charge in [0.15, 0.2) is 0 Å². The molecule has 0 fully saturated rings. The quantitative estimate of drug-likeness (QED) is 0.161. The number of ketones is 1. The first kappa shape index (κ1) is 22.3. The van der Waals surface area contributed by atoms with Crippen LogP contribution >= 0.6 is 0 Å². The minimum absolute atomic E-state index is 0.106. The molecule has 0 aromatic carbocycles. The lowest BCUT2D eigenvalue weighted by Crippen LogP contribution is -2.11. The molecule has 0 aliphatic rings. The number of aldehydes is 1. The predicted octanol–water partition coefficient (Wildman–Crippen LogP) is 6.65. The molecule has 1 unspecified atom stereocenters. The van der Waals surface area contributed by atoms with Crippen molar-refractivity contribution in [1.82, 2.24) is 0 Å². The number of hydrogen-bond acceptors (Lipinski definition) is 2. The average molecular weight is 325 g/mol. The van der Waals surface area contributed by atoms with Crippen molar-refractivity contribution in [3.05, 3.63) is 0 Å². The van der Waals surface area contributed by atoms with Gasteiger partial charge in [-0.1, -0.05) is 96.8 Å². The van der Waals surface area contributed by atoms with E-state index in [0.29, 0.717) is 6.42 Å². The topological polar surface area (TPSA) is 34.1 Å². The maximum Gasteiger partial charge on any atom is 0.142 e. The number of hydrogen-bond donors (Lipinski definition) is 0. The Morgan fingerprint density at radius 1 is 0.696 bits per heavy atom. The molecule has 2 nitrogen and oxygen atoms in total. The van der Waals surface area contributed by atoms with Crippen molar-refractivity contribution in [2.24, 2.45) is 5.92 Å². The summed E-state index contributed by atoms with van der Waals surface area (Å²) in [5.41, 5.74) is 0. The highest BCUT2D eigenvalue weighted by Crippen LogP contribution is 2.14. The minimum Gasteiger partial charge on any atom is -0.303 e. The summed E-state index contributed by atoms with van der Waals surface area (Å²) >= 11 is 0. The van der Waals surface area contributed by atoms with E-state index in [1.54, 1.807) is 6.92 Å². The summed E-state index contributed by atoms with van der Waals surface area (Å²) in [6.07, 6.45) is 21.4. The molecule has 0 bridgehead atoms. The zero-order valence-corrected chi connectivity index (χ0v) is 15.8. The Hall–Kier alpha value is -0.660. The molecular weight excluding hydrogens is 284 g/mol. The number of rotatable bonds is 18. The van der Waals surface area contributed by atoms with E-state index in [-0.39, 0.29) is 5.78 Å². The van der Waals surface area contributed by atoms with Crippen LogP contribution in [0.3, 0.4) is 0 Å². The molecule has 0 aliphatic carbocycles. The van der Waals surface area contributed by atoms with Crippen LogP contribution in [0.25, 0.3) is 0 Å². The van der Waals surface area contributed by atoms with Crippen molar-refractivity contribution < 1.29 is 9.59 Å². The second kappa shape index (κ2) is 17.7. The van der Waals surface area contributed by atoms with Crippen LogP contribution in [0.2, 0.25) is 0 Å². The lowest BCUT2D eigenvalue weighted by Gasteiger charge is -2.04. The molecule has 0 heterocycles. The second-order valence-corrected chi connectivity index (χ2v) is 7.09. The Morgan fingerprint density at radius 3 is 1.39 bits per heavy atom. The van der Waals surface area contributed by atoms with E-state index in [4.69, 9.17) is 0 Å². The number of Topliss-reactive ketones (excluding diaryl/α,β-unsaturated/α-hetero) is 1. The molecular formula is C21H40O2. The zero-order valence-electron chi connectivity index (χ0n) is 15.8. The van der Waals surface area contributed by atoms with Crippen molar-refractivity contribution in [2.75, 3.05) is 0 Å². The monoisotopic (exact) mass is 324 g/mol. The molecule has 0 radical (unpaired) electrons. The molecule has 0 aromatic heterocycles. The van der Waals surface area contributed by atoms with E-state index in [0.717, 1.165) is 19.1 Å². The molecule has 0 rings (SSSR count). The van der Waals surface area contributed by atoms with Crippen molar-refractivity contribution in [2.45, 2.75) is 117 Å². The first-order valence-electron chi connectivity index (χ1n) is 10.2. The molecule has 0 aliphatic heterocycles. The third kappa shape index (κ3) is 16.0. The van der Waals surface area contributed by atoms with Crippen molar-refractivity contribution in [3.8, 4) is 0 Å². The van der Waals surface area contributed by atoms with E-state index in [1.807, 2.05) is 0 Å². The van der Waals surface area contributed by atoms with Gasteiger partial charge in [-0.05, 0) is 13.3 Å². The van der Waals surface area contributed by atoms with Gasteiger partial charge < -0.3 is 4.79 Å². The van der Waals surface area contributed by atoms with Crippen LogP contribution in [0.5, 0.6) is 0 Å². The van der Waals surface area contributed by atoms with Gasteiger partial charge in [-0.3, -0.25) is 4.79 Å². The second-order valence-electron chi connectivity index (χ2n) is 7.09. The van der Waals surface area contributed by atoms with E-state index in [2.05, 4.69) is 6.92 Å². The van der Waals surface area contributed by atoms with Gasteiger partial charge in [0.1, 0.15) is 12.1 Å². The summed E-state index contributed by atoms with van der Waals surface area (Å²) in [7, 11) is 0. The van der Waals surface area contributed by atoms with Crippen molar-refractivity contribution >= 4 is 12.1 Å². The molecule has 136 valence electrons. The summed E-state index contributed by atoms with van der Waals surface area (Å²) in [6.45, 7) is 3.97. The largest absolute Gasteiger partial charge is 0.303 e. The fraction of sp³-hybridized carbons (Fsp3) is 0.905. The summed E-state index contributed by atoms with van der Waals surface area (Å²) < 4.78 is 0. The Kier molecular flexibility index (Phi) is 17.2. The molecule has 0 spiro atoms. The Balaban J connectivity index is 3.11. The van der Waals surface area contributed by atoms with Gasteiger partial charge in [-0.25, -0.2) is 0 Å². The standard InChI is InChI=1S/C21H40O2/c1-3-4-5-6-7-8-9-10-11-12-13-14-15-16-17-18-21(23)20(2)19-22/h19-20H,3-18H2,1-2H3. The van der Waals surface area contributed by atoms with Gasteiger partial charge in [0, 0.05) is 6.42 Å². The van der Waals surface area contributed by atoms with Gasteiger partial charge in [0.25, 0.3) is 0 Å².